The third-order valence-electron chi connectivity index (χ3n) is 6.26. The van der Waals surface area contributed by atoms with Gasteiger partial charge in [0.05, 0.1) is 36.2 Å². The van der Waals surface area contributed by atoms with Crippen LogP contribution in [0.25, 0.3) is 0 Å². The standard InChI is InChI=1S/C22H23N3O4/c1-3-22(2)9-18(26)25(20(22)27)15-10-23-21(24-11-15)29-16-7-6-14-12-28-19(13-4-5-13)17(14)8-16/h6-8,10-11,13,19H,3-5,9,12H2,1-2H3/t19?,22-/m0/s1. The lowest BCUT2D eigenvalue weighted by Crippen LogP contribution is -2.34. The Balaban J connectivity index is 1.34. The zero-order valence-electron chi connectivity index (χ0n) is 16.6. The molecule has 5 rings (SSSR count). The molecular formula is C22H23N3O4. The quantitative estimate of drug-likeness (QED) is 0.716. The SMILES string of the molecule is CC[C@@]1(C)CC(=O)N(c2cnc(Oc3ccc4c(c3)C(C3CC3)OC4)nc2)C1=O. The summed E-state index contributed by atoms with van der Waals surface area (Å²) < 4.78 is 11.7. The lowest BCUT2D eigenvalue weighted by Gasteiger charge is -2.19. The van der Waals surface area contributed by atoms with Crippen LogP contribution in [0.4, 0.5) is 5.69 Å². The monoisotopic (exact) mass is 393 g/mol. The predicted octanol–water partition coefficient (Wildman–Crippen LogP) is 3.93. The van der Waals surface area contributed by atoms with Crippen molar-refractivity contribution in [2.75, 3.05) is 4.90 Å². The van der Waals surface area contributed by atoms with E-state index in [4.69, 9.17) is 9.47 Å². The van der Waals surface area contributed by atoms with Crippen LogP contribution in [0.1, 0.15) is 56.8 Å². The van der Waals surface area contributed by atoms with E-state index in [-0.39, 0.29) is 30.3 Å². The molecule has 1 saturated heterocycles. The zero-order valence-corrected chi connectivity index (χ0v) is 16.6. The van der Waals surface area contributed by atoms with Gasteiger partial charge in [0.2, 0.25) is 11.8 Å². The van der Waals surface area contributed by atoms with E-state index in [1.54, 1.807) is 0 Å². The van der Waals surface area contributed by atoms with Crippen LogP contribution < -0.4 is 9.64 Å². The fourth-order valence-electron chi connectivity index (χ4n) is 4.08. The molecule has 7 heteroatoms. The smallest absolute Gasteiger partial charge is 0.322 e. The highest BCUT2D eigenvalue weighted by atomic mass is 16.5. The second-order valence-corrected chi connectivity index (χ2v) is 8.38. The summed E-state index contributed by atoms with van der Waals surface area (Å²) in [6.07, 6.45) is 6.33. The summed E-state index contributed by atoms with van der Waals surface area (Å²) in [5, 5.41) is 0. The molecule has 0 N–H and O–H groups in total. The van der Waals surface area contributed by atoms with E-state index in [1.807, 2.05) is 32.0 Å². The summed E-state index contributed by atoms with van der Waals surface area (Å²) in [7, 11) is 0. The maximum absolute atomic E-state index is 12.7. The van der Waals surface area contributed by atoms with Gasteiger partial charge >= 0.3 is 6.01 Å². The molecule has 2 aliphatic heterocycles. The van der Waals surface area contributed by atoms with Crippen LogP contribution in [0.2, 0.25) is 0 Å². The van der Waals surface area contributed by atoms with Crippen LogP contribution in [-0.2, 0) is 20.9 Å². The highest BCUT2D eigenvalue weighted by molar-refractivity contribution is 6.22. The Bertz CT molecular complexity index is 986. The molecule has 0 bridgehead atoms. The summed E-state index contributed by atoms with van der Waals surface area (Å²) in [5.41, 5.74) is 2.11. The van der Waals surface area contributed by atoms with Crippen molar-refractivity contribution >= 4 is 17.5 Å². The van der Waals surface area contributed by atoms with Gasteiger partial charge in [-0.1, -0.05) is 19.9 Å². The van der Waals surface area contributed by atoms with Crippen molar-refractivity contribution < 1.29 is 19.1 Å². The van der Waals surface area contributed by atoms with Crippen molar-refractivity contribution in [2.45, 2.75) is 52.2 Å². The van der Waals surface area contributed by atoms with Crippen LogP contribution in [0.3, 0.4) is 0 Å². The number of carbonyl (C=O) groups is 2. The van der Waals surface area contributed by atoms with Crippen LogP contribution in [-0.4, -0.2) is 21.8 Å². The number of benzene rings is 1. The lowest BCUT2D eigenvalue weighted by molar-refractivity contribution is -0.125. The van der Waals surface area contributed by atoms with Crippen LogP contribution in [0.15, 0.2) is 30.6 Å². The summed E-state index contributed by atoms with van der Waals surface area (Å²) in [4.78, 5) is 34.6. The van der Waals surface area contributed by atoms with Gasteiger partial charge in [0.15, 0.2) is 0 Å². The van der Waals surface area contributed by atoms with Crippen molar-refractivity contribution in [3.05, 3.63) is 41.7 Å². The predicted molar refractivity (Wildman–Crippen MR) is 104 cm³/mol. The number of imide groups is 1. The second kappa shape index (κ2) is 6.62. The number of nitrogens with zero attached hydrogens (tertiary/aromatic N) is 3. The van der Waals surface area contributed by atoms with Crippen molar-refractivity contribution in [1.29, 1.82) is 0 Å². The van der Waals surface area contributed by atoms with Crippen molar-refractivity contribution in [1.82, 2.24) is 9.97 Å². The number of carbonyl (C=O) groups excluding carboxylic acids is 2. The van der Waals surface area contributed by atoms with Crippen LogP contribution in [0.5, 0.6) is 11.8 Å². The van der Waals surface area contributed by atoms with E-state index in [0.717, 1.165) is 0 Å². The highest BCUT2D eigenvalue weighted by Gasteiger charge is 2.47. The fourth-order valence-corrected chi connectivity index (χ4v) is 4.08. The fraction of sp³-hybridized carbons (Fsp3) is 0.455. The van der Waals surface area contributed by atoms with Gasteiger partial charge in [-0.2, -0.15) is 0 Å². The Morgan fingerprint density at radius 2 is 2.00 bits per heavy atom. The molecule has 7 nitrogen and oxygen atoms in total. The molecule has 1 aromatic carbocycles. The first kappa shape index (κ1) is 18.2. The molecule has 2 fully saturated rings. The first-order chi connectivity index (χ1) is 14.0. The minimum Gasteiger partial charge on any atom is -0.424 e. The molecule has 1 aromatic heterocycles. The van der Waals surface area contributed by atoms with Crippen molar-refractivity contribution in [2.24, 2.45) is 11.3 Å². The first-order valence-electron chi connectivity index (χ1n) is 10.1. The Labute approximate surface area is 169 Å². The first-order valence-corrected chi connectivity index (χ1v) is 10.1. The minimum absolute atomic E-state index is 0.164. The zero-order chi connectivity index (χ0) is 20.2. The average Bonchev–Trinajstić information content (AvgIpc) is 3.43. The molecule has 3 aliphatic rings. The molecule has 2 aromatic rings. The number of ether oxygens (including phenoxy) is 2. The highest BCUT2D eigenvalue weighted by Crippen LogP contribution is 2.48. The number of hydrogen-bond donors (Lipinski definition) is 0. The van der Waals surface area contributed by atoms with Crippen LogP contribution in [0, 0.1) is 11.3 Å². The summed E-state index contributed by atoms with van der Waals surface area (Å²) in [6, 6.07) is 6.08. The average molecular weight is 393 g/mol. The van der Waals surface area contributed by atoms with E-state index < -0.39 is 5.41 Å². The van der Waals surface area contributed by atoms with Gasteiger partial charge < -0.3 is 9.47 Å². The Hall–Kier alpha value is -2.80. The van der Waals surface area contributed by atoms with Gasteiger partial charge in [-0.05, 0) is 48.4 Å². The van der Waals surface area contributed by atoms with E-state index in [2.05, 4.69) is 9.97 Å². The van der Waals surface area contributed by atoms with E-state index in [1.165, 1.54) is 41.3 Å². The molecule has 1 aliphatic carbocycles. The number of fused-ring (bicyclic) bond motifs is 1. The Morgan fingerprint density at radius 3 is 2.66 bits per heavy atom. The molecule has 29 heavy (non-hydrogen) atoms. The van der Waals surface area contributed by atoms with Gasteiger partial charge in [-0.25, -0.2) is 14.9 Å². The molecular weight excluding hydrogens is 370 g/mol. The largest absolute Gasteiger partial charge is 0.424 e. The second-order valence-electron chi connectivity index (χ2n) is 8.38. The van der Waals surface area contributed by atoms with Gasteiger partial charge in [0, 0.05) is 6.42 Å². The molecule has 1 saturated carbocycles. The molecule has 2 amide bonds. The van der Waals surface area contributed by atoms with Crippen molar-refractivity contribution in [3.8, 4) is 11.8 Å². The van der Waals surface area contributed by atoms with Crippen molar-refractivity contribution in [3.63, 3.8) is 0 Å². The van der Waals surface area contributed by atoms with E-state index in [0.29, 0.717) is 30.4 Å². The minimum atomic E-state index is -0.656. The van der Waals surface area contributed by atoms with E-state index >= 15 is 0 Å². The topological polar surface area (TPSA) is 81.6 Å². The summed E-state index contributed by atoms with van der Waals surface area (Å²) in [6.45, 7) is 4.38. The molecule has 150 valence electrons. The Morgan fingerprint density at radius 1 is 1.24 bits per heavy atom. The van der Waals surface area contributed by atoms with Gasteiger partial charge in [-0.15, -0.1) is 0 Å². The summed E-state index contributed by atoms with van der Waals surface area (Å²) in [5.74, 6) is 0.847. The molecule has 0 radical (unpaired) electrons. The Kier molecular flexibility index (Phi) is 4.17. The number of aromatic nitrogens is 2. The third-order valence-corrected chi connectivity index (χ3v) is 6.26. The van der Waals surface area contributed by atoms with Crippen LogP contribution >= 0.6 is 0 Å². The van der Waals surface area contributed by atoms with Gasteiger partial charge in [0.1, 0.15) is 5.75 Å². The molecule has 1 unspecified atom stereocenters. The number of hydrogen-bond acceptors (Lipinski definition) is 6. The lowest BCUT2D eigenvalue weighted by atomic mass is 9.86. The number of rotatable bonds is 5. The maximum Gasteiger partial charge on any atom is 0.322 e. The number of amides is 2. The molecule has 3 heterocycles. The normalized spacial score (nSPS) is 26.1. The van der Waals surface area contributed by atoms with Gasteiger partial charge in [-0.3, -0.25) is 9.59 Å². The van der Waals surface area contributed by atoms with Gasteiger partial charge in [0.25, 0.3) is 0 Å². The number of anilines is 1. The maximum atomic E-state index is 12.7. The van der Waals surface area contributed by atoms with E-state index in [9.17, 15) is 9.59 Å². The molecule has 2 atom stereocenters. The third kappa shape index (κ3) is 3.09. The molecule has 0 spiro atoms. The summed E-state index contributed by atoms with van der Waals surface area (Å²) >= 11 is 0.